The fourth-order valence-corrected chi connectivity index (χ4v) is 3.86. The number of anilines is 1. The van der Waals surface area contributed by atoms with Gasteiger partial charge in [-0.25, -0.2) is 13.1 Å². The highest BCUT2D eigenvalue weighted by Gasteiger charge is 2.24. The smallest absolute Gasteiger partial charge is 0.243 e. The highest BCUT2D eigenvalue weighted by molar-refractivity contribution is 7.89. The van der Waals surface area contributed by atoms with Crippen LogP contribution in [0.2, 0.25) is 0 Å². The van der Waals surface area contributed by atoms with Gasteiger partial charge in [-0.05, 0) is 45.4 Å². The van der Waals surface area contributed by atoms with Crippen molar-refractivity contribution in [1.29, 1.82) is 0 Å². The predicted octanol–water partition coefficient (Wildman–Crippen LogP) is 2.30. The lowest BCUT2D eigenvalue weighted by Gasteiger charge is -2.21. The Bertz CT molecular complexity index is 851. The Kier molecular flexibility index (Phi) is 5.64. The van der Waals surface area contributed by atoms with E-state index in [1.807, 2.05) is 13.1 Å². The van der Waals surface area contributed by atoms with E-state index in [-0.39, 0.29) is 22.9 Å². The lowest BCUT2D eigenvalue weighted by atomic mass is 10.1. The summed E-state index contributed by atoms with van der Waals surface area (Å²) in [6.45, 7) is 7.63. The molecule has 2 aromatic rings. The third kappa shape index (κ3) is 5.68. The number of rotatable bonds is 6. The van der Waals surface area contributed by atoms with Gasteiger partial charge in [-0.2, -0.15) is 5.10 Å². The number of sulfonamides is 1. The van der Waals surface area contributed by atoms with Gasteiger partial charge in [0.15, 0.2) is 0 Å². The monoisotopic (exact) mass is 364 g/mol. The van der Waals surface area contributed by atoms with Crippen LogP contribution in [0, 0.1) is 6.92 Å². The SMILES string of the molecule is Cc1cnn(CCC(=O)Nc2ccccc2S(=O)(=O)NC(C)(C)C)c1. The van der Waals surface area contributed by atoms with Crippen molar-refractivity contribution < 1.29 is 13.2 Å². The van der Waals surface area contributed by atoms with Gasteiger partial charge in [0.2, 0.25) is 15.9 Å². The van der Waals surface area contributed by atoms with Crippen LogP contribution >= 0.6 is 0 Å². The maximum absolute atomic E-state index is 12.6. The molecule has 0 saturated carbocycles. The van der Waals surface area contributed by atoms with Gasteiger partial charge in [0, 0.05) is 24.7 Å². The van der Waals surface area contributed by atoms with Gasteiger partial charge in [-0.1, -0.05) is 12.1 Å². The van der Waals surface area contributed by atoms with Crippen LogP contribution in [0.15, 0.2) is 41.6 Å². The maximum atomic E-state index is 12.6. The summed E-state index contributed by atoms with van der Waals surface area (Å²) >= 11 is 0. The van der Waals surface area contributed by atoms with Crippen molar-refractivity contribution in [3.05, 3.63) is 42.2 Å². The summed E-state index contributed by atoms with van der Waals surface area (Å²) in [5, 5.41) is 6.80. The van der Waals surface area contributed by atoms with Crippen LogP contribution in [0.25, 0.3) is 0 Å². The fraction of sp³-hybridized carbons (Fsp3) is 0.412. The summed E-state index contributed by atoms with van der Waals surface area (Å²) in [5.74, 6) is -0.272. The zero-order chi connectivity index (χ0) is 18.7. The highest BCUT2D eigenvalue weighted by atomic mass is 32.2. The molecule has 2 N–H and O–H groups in total. The molecular formula is C17H24N4O3S. The van der Waals surface area contributed by atoms with E-state index in [2.05, 4.69) is 15.1 Å². The van der Waals surface area contributed by atoms with Gasteiger partial charge < -0.3 is 5.32 Å². The third-order valence-corrected chi connectivity index (χ3v) is 5.04. The molecule has 0 radical (unpaired) electrons. The molecule has 0 spiro atoms. The number of aromatic nitrogens is 2. The number of carbonyl (C=O) groups is 1. The zero-order valence-corrected chi connectivity index (χ0v) is 15.7. The molecule has 0 aliphatic rings. The molecule has 0 bridgehead atoms. The van der Waals surface area contributed by atoms with Crippen molar-refractivity contribution in [3.63, 3.8) is 0 Å². The second-order valence-corrected chi connectivity index (χ2v) is 8.58. The molecule has 2 rings (SSSR count). The molecule has 0 saturated heterocycles. The van der Waals surface area contributed by atoms with E-state index in [4.69, 9.17) is 0 Å². The minimum Gasteiger partial charge on any atom is -0.325 e. The van der Waals surface area contributed by atoms with Gasteiger partial charge in [0.1, 0.15) is 4.90 Å². The molecule has 25 heavy (non-hydrogen) atoms. The first-order valence-electron chi connectivity index (χ1n) is 7.99. The molecule has 7 nitrogen and oxygen atoms in total. The average Bonchev–Trinajstić information content (AvgIpc) is 2.89. The van der Waals surface area contributed by atoms with Crippen LogP contribution in [0.1, 0.15) is 32.8 Å². The number of aryl methyl sites for hydroxylation is 2. The first kappa shape index (κ1) is 19.1. The van der Waals surface area contributed by atoms with E-state index in [1.54, 1.807) is 49.8 Å². The summed E-state index contributed by atoms with van der Waals surface area (Å²) in [7, 11) is -3.74. The molecule has 1 heterocycles. The minimum atomic E-state index is -3.74. The molecule has 8 heteroatoms. The lowest BCUT2D eigenvalue weighted by Crippen LogP contribution is -2.40. The van der Waals surface area contributed by atoms with Crippen LogP contribution < -0.4 is 10.0 Å². The van der Waals surface area contributed by atoms with E-state index >= 15 is 0 Å². The Labute approximate surface area is 148 Å². The largest absolute Gasteiger partial charge is 0.325 e. The lowest BCUT2D eigenvalue weighted by molar-refractivity contribution is -0.116. The second kappa shape index (κ2) is 7.37. The van der Waals surface area contributed by atoms with Gasteiger partial charge in [-0.3, -0.25) is 9.48 Å². The van der Waals surface area contributed by atoms with Crippen molar-refractivity contribution in [2.45, 2.75) is 51.1 Å². The molecule has 0 atom stereocenters. The van der Waals surface area contributed by atoms with Crippen molar-refractivity contribution in [1.82, 2.24) is 14.5 Å². The molecule has 0 aliphatic carbocycles. The van der Waals surface area contributed by atoms with Crippen molar-refractivity contribution >= 4 is 21.6 Å². The van der Waals surface area contributed by atoms with E-state index in [1.165, 1.54) is 6.07 Å². The molecule has 1 amide bonds. The first-order valence-corrected chi connectivity index (χ1v) is 9.47. The topological polar surface area (TPSA) is 93.1 Å². The molecule has 0 fully saturated rings. The standard InChI is InChI=1S/C17H24N4O3S/c1-13-11-18-21(12-13)10-9-16(22)19-14-7-5-6-8-15(14)25(23,24)20-17(2,3)4/h5-8,11-12,20H,9-10H2,1-4H3,(H,19,22). The van der Waals surface area contributed by atoms with Crippen molar-refractivity contribution in [2.24, 2.45) is 0 Å². The number of carbonyl (C=O) groups excluding carboxylic acids is 1. The second-order valence-electron chi connectivity index (χ2n) is 6.93. The highest BCUT2D eigenvalue weighted by Crippen LogP contribution is 2.22. The van der Waals surface area contributed by atoms with Crippen LogP contribution in [-0.4, -0.2) is 29.6 Å². The summed E-state index contributed by atoms with van der Waals surface area (Å²) in [4.78, 5) is 12.2. The number of amides is 1. The fourth-order valence-electron chi connectivity index (χ4n) is 2.28. The van der Waals surface area contributed by atoms with Crippen molar-refractivity contribution in [2.75, 3.05) is 5.32 Å². The number of hydrogen-bond acceptors (Lipinski definition) is 4. The Morgan fingerprint density at radius 2 is 1.92 bits per heavy atom. The van der Waals surface area contributed by atoms with Crippen LogP contribution in [0.5, 0.6) is 0 Å². The van der Waals surface area contributed by atoms with Gasteiger partial charge >= 0.3 is 0 Å². The van der Waals surface area contributed by atoms with Gasteiger partial charge in [0.05, 0.1) is 11.9 Å². The quantitative estimate of drug-likeness (QED) is 0.822. The molecule has 136 valence electrons. The van der Waals surface area contributed by atoms with E-state index in [0.29, 0.717) is 6.54 Å². The average molecular weight is 364 g/mol. The van der Waals surface area contributed by atoms with E-state index < -0.39 is 15.6 Å². The number of para-hydroxylation sites is 1. The van der Waals surface area contributed by atoms with E-state index in [9.17, 15) is 13.2 Å². The normalized spacial score (nSPS) is 12.2. The Balaban J connectivity index is 2.11. The minimum absolute atomic E-state index is 0.0493. The zero-order valence-electron chi connectivity index (χ0n) is 14.9. The first-order chi connectivity index (χ1) is 11.6. The van der Waals surface area contributed by atoms with Gasteiger partial charge in [-0.15, -0.1) is 0 Å². The summed E-state index contributed by atoms with van der Waals surface area (Å²) < 4.78 is 29.4. The predicted molar refractivity (Wildman–Crippen MR) is 96.7 cm³/mol. The van der Waals surface area contributed by atoms with Crippen LogP contribution in [0.3, 0.4) is 0 Å². The summed E-state index contributed by atoms with van der Waals surface area (Å²) in [5.41, 5.74) is 0.666. The Morgan fingerprint density at radius 3 is 2.52 bits per heavy atom. The molecule has 0 unspecified atom stereocenters. The van der Waals surface area contributed by atoms with E-state index in [0.717, 1.165) is 5.56 Å². The molecule has 0 aliphatic heterocycles. The number of hydrogen-bond donors (Lipinski definition) is 2. The summed E-state index contributed by atoms with van der Waals surface area (Å²) in [6, 6.07) is 6.36. The molecular weight excluding hydrogens is 340 g/mol. The maximum Gasteiger partial charge on any atom is 0.243 e. The Morgan fingerprint density at radius 1 is 1.24 bits per heavy atom. The summed E-state index contributed by atoms with van der Waals surface area (Å²) in [6.07, 6.45) is 3.76. The molecule has 1 aromatic carbocycles. The van der Waals surface area contributed by atoms with Gasteiger partial charge in [0.25, 0.3) is 0 Å². The number of nitrogens with one attached hydrogen (secondary N) is 2. The number of benzene rings is 1. The van der Waals surface area contributed by atoms with Crippen LogP contribution in [0.4, 0.5) is 5.69 Å². The Hall–Kier alpha value is -2.19. The van der Waals surface area contributed by atoms with Crippen LogP contribution in [-0.2, 0) is 21.4 Å². The third-order valence-electron chi connectivity index (χ3n) is 3.22. The number of nitrogens with zero attached hydrogens (tertiary/aromatic N) is 2. The van der Waals surface area contributed by atoms with Crippen molar-refractivity contribution in [3.8, 4) is 0 Å². The molecule has 1 aromatic heterocycles.